The third kappa shape index (κ3) is 3.09. The summed E-state index contributed by atoms with van der Waals surface area (Å²) in [5.41, 5.74) is 6.38. The lowest BCUT2D eigenvalue weighted by atomic mass is 10.0. The number of amides is 1. The Bertz CT molecular complexity index is 510. The first-order valence-corrected chi connectivity index (χ1v) is 7.21. The molecule has 0 bridgehead atoms. The van der Waals surface area contributed by atoms with Crippen molar-refractivity contribution < 1.29 is 14.3 Å². The van der Waals surface area contributed by atoms with Crippen LogP contribution < -0.4 is 15.2 Å². The summed E-state index contributed by atoms with van der Waals surface area (Å²) in [5, 5.41) is 0. The Labute approximate surface area is 130 Å². The number of rotatable bonds is 2. The van der Waals surface area contributed by atoms with Crippen LogP contribution in [-0.2, 0) is 0 Å². The first-order chi connectivity index (χ1) is 9.81. The normalized spacial score (nSPS) is 20.6. The van der Waals surface area contributed by atoms with Crippen molar-refractivity contribution in [2.75, 3.05) is 26.3 Å². The van der Waals surface area contributed by atoms with E-state index in [2.05, 4.69) is 0 Å². The van der Waals surface area contributed by atoms with Crippen molar-refractivity contribution in [2.45, 2.75) is 25.3 Å². The molecule has 5 nitrogen and oxygen atoms in total. The second-order valence-corrected chi connectivity index (χ2v) is 5.21. The third-order valence-corrected chi connectivity index (χ3v) is 3.96. The van der Waals surface area contributed by atoms with Crippen molar-refractivity contribution in [1.29, 1.82) is 0 Å². The van der Waals surface area contributed by atoms with Gasteiger partial charge in [0.2, 0.25) is 0 Å². The molecule has 0 saturated carbocycles. The van der Waals surface area contributed by atoms with E-state index in [0.717, 1.165) is 25.8 Å². The van der Waals surface area contributed by atoms with E-state index < -0.39 is 0 Å². The van der Waals surface area contributed by atoms with E-state index >= 15 is 0 Å². The Hall–Kier alpha value is -1.46. The van der Waals surface area contributed by atoms with E-state index in [1.54, 1.807) is 6.07 Å². The molecule has 1 unspecified atom stereocenters. The smallest absolute Gasteiger partial charge is 0.258 e. The SMILES string of the molecule is Cl.NCC1CCCCN1C(=O)c1cccc2c1OCCO2. The Balaban J connectivity index is 0.00000161. The minimum absolute atomic E-state index is 0. The third-order valence-electron chi connectivity index (χ3n) is 3.96. The van der Waals surface area contributed by atoms with Gasteiger partial charge >= 0.3 is 0 Å². The van der Waals surface area contributed by atoms with Crippen LogP contribution in [0.15, 0.2) is 18.2 Å². The van der Waals surface area contributed by atoms with Gasteiger partial charge in [-0.15, -0.1) is 12.4 Å². The fourth-order valence-corrected chi connectivity index (χ4v) is 2.91. The van der Waals surface area contributed by atoms with Crippen LogP contribution in [0.25, 0.3) is 0 Å². The standard InChI is InChI=1S/C15H20N2O3.ClH/c16-10-11-4-1-2-7-17(11)15(18)12-5-3-6-13-14(12)20-9-8-19-13;/h3,5-6,11H,1-2,4,7-10,16H2;1H. The number of benzene rings is 1. The molecule has 1 aromatic rings. The van der Waals surface area contributed by atoms with Gasteiger partial charge in [-0.05, 0) is 31.4 Å². The summed E-state index contributed by atoms with van der Waals surface area (Å²) >= 11 is 0. The molecule has 2 heterocycles. The lowest BCUT2D eigenvalue weighted by Crippen LogP contribution is -2.47. The number of likely N-dealkylation sites (tertiary alicyclic amines) is 1. The number of nitrogens with zero attached hydrogens (tertiary/aromatic N) is 1. The Kier molecular flexibility index (Phi) is 5.31. The van der Waals surface area contributed by atoms with E-state index in [9.17, 15) is 4.79 Å². The van der Waals surface area contributed by atoms with Gasteiger partial charge in [-0.1, -0.05) is 6.07 Å². The highest BCUT2D eigenvalue weighted by Crippen LogP contribution is 2.35. The number of halogens is 1. The number of ether oxygens (including phenoxy) is 2. The molecule has 2 aliphatic heterocycles. The predicted octanol–water partition coefficient (Wildman–Crippen LogP) is 1.83. The topological polar surface area (TPSA) is 64.8 Å². The summed E-state index contributed by atoms with van der Waals surface area (Å²) < 4.78 is 11.2. The van der Waals surface area contributed by atoms with Gasteiger partial charge in [-0.2, -0.15) is 0 Å². The first kappa shape index (κ1) is 15.9. The monoisotopic (exact) mass is 312 g/mol. The van der Waals surface area contributed by atoms with Crippen LogP contribution in [-0.4, -0.2) is 43.2 Å². The zero-order chi connectivity index (χ0) is 13.9. The molecule has 1 fully saturated rings. The van der Waals surface area contributed by atoms with Gasteiger partial charge in [0, 0.05) is 19.1 Å². The zero-order valence-corrected chi connectivity index (χ0v) is 12.7. The van der Waals surface area contributed by atoms with Gasteiger partial charge in [0.1, 0.15) is 13.2 Å². The molecule has 2 N–H and O–H groups in total. The lowest BCUT2D eigenvalue weighted by molar-refractivity contribution is 0.0614. The average Bonchev–Trinajstić information content (AvgIpc) is 2.53. The number of fused-ring (bicyclic) bond motifs is 1. The maximum Gasteiger partial charge on any atom is 0.258 e. The lowest BCUT2D eigenvalue weighted by Gasteiger charge is -2.35. The molecule has 1 atom stereocenters. The molecule has 0 spiro atoms. The maximum absolute atomic E-state index is 12.8. The average molecular weight is 313 g/mol. The molecule has 1 aromatic carbocycles. The molecular weight excluding hydrogens is 292 g/mol. The van der Waals surface area contributed by atoms with Crippen molar-refractivity contribution in [3.8, 4) is 11.5 Å². The molecule has 1 saturated heterocycles. The fraction of sp³-hybridized carbons (Fsp3) is 0.533. The van der Waals surface area contributed by atoms with Crippen LogP contribution >= 0.6 is 12.4 Å². The number of carbonyl (C=O) groups excluding carboxylic acids is 1. The van der Waals surface area contributed by atoms with Gasteiger partial charge in [-0.25, -0.2) is 0 Å². The second-order valence-electron chi connectivity index (χ2n) is 5.21. The number of para-hydroxylation sites is 1. The van der Waals surface area contributed by atoms with Crippen LogP contribution in [0.1, 0.15) is 29.6 Å². The molecular formula is C15H21ClN2O3. The van der Waals surface area contributed by atoms with Crippen molar-refractivity contribution >= 4 is 18.3 Å². The largest absolute Gasteiger partial charge is 0.486 e. The highest BCUT2D eigenvalue weighted by molar-refractivity contribution is 5.98. The molecule has 3 rings (SSSR count). The molecule has 0 aliphatic carbocycles. The predicted molar refractivity (Wildman–Crippen MR) is 82.4 cm³/mol. The van der Waals surface area contributed by atoms with Crippen molar-refractivity contribution in [3.05, 3.63) is 23.8 Å². The molecule has 116 valence electrons. The zero-order valence-electron chi connectivity index (χ0n) is 11.9. The van der Waals surface area contributed by atoms with Gasteiger partial charge in [0.05, 0.1) is 5.56 Å². The van der Waals surface area contributed by atoms with E-state index in [1.807, 2.05) is 17.0 Å². The van der Waals surface area contributed by atoms with E-state index in [-0.39, 0.29) is 24.4 Å². The summed E-state index contributed by atoms with van der Waals surface area (Å²) in [6.45, 7) is 2.29. The van der Waals surface area contributed by atoms with Gasteiger partial charge < -0.3 is 20.1 Å². The van der Waals surface area contributed by atoms with Crippen LogP contribution in [0.4, 0.5) is 0 Å². The molecule has 2 aliphatic rings. The Morgan fingerprint density at radius 2 is 2.10 bits per heavy atom. The highest BCUT2D eigenvalue weighted by Gasteiger charge is 2.29. The number of carbonyl (C=O) groups is 1. The van der Waals surface area contributed by atoms with E-state index in [0.29, 0.717) is 36.8 Å². The van der Waals surface area contributed by atoms with Crippen LogP contribution in [0.2, 0.25) is 0 Å². The number of hydrogen-bond acceptors (Lipinski definition) is 4. The Morgan fingerprint density at radius 3 is 2.90 bits per heavy atom. The van der Waals surface area contributed by atoms with Gasteiger partial charge in [0.25, 0.3) is 5.91 Å². The molecule has 1 amide bonds. The number of piperidine rings is 1. The fourth-order valence-electron chi connectivity index (χ4n) is 2.91. The van der Waals surface area contributed by atoms with Gasteiger partial charge in [-0.3, -0.25) is 4.79 Å². The first-order valence-electron chi connectivity index (χ1n) is 7.21. The summed E-state index contributed by atoms with van der Waals surface area (Å²) in [5.74, 6) is 1.23. The van der Waals surface area contributed by atoms with E-state index in [4.69, 9.17) is 15.2 Å². The molecule has 0 radical (unpaired) electrons. The quantitative estimate of drug-likeness (QED) is 0.905. The molecule has 6 heteroatoms. The van der Waals surface area contributed by atoms with Crippen LogP contribution in [0, 0.1) is 0 Å². The van der Waals surface area contributed by atoms with Crippen LogP contribution in [0.5, 0.6) is 11.5 Å². The highest BCUT2D eigenvalue weighted by atomic mass is 35.5. The van der Waals surface area contributed by atoms with Crippen molar-refractivity contribution in [2.24, 2.45) is 5.73 Å². The van der Waals surface area contributed by atoms with Crippen molar-refractivity contribution in [1.82, 2.24) is 4.90 Å². The van der Waals surface area contributed by atoms with Crippen molar-refractivity contribution in [3.63, 3.8) is 0 Å². The molecule has 21 heavy (non-hydrogen) atoms. The van der Waals surface area contributed by atoms with Gasteiger partial charge in [0.15, 0.2) is 11.5 Å². The van der Waals surface area contributed by atoms with Crippen LogP contribution in [0.3, 0.4) is 0 Å². The Morgan fingerprint density at radius 1 is 1.29 bits per heavy atom. The minimum Gasteiger partial charge on any atom is -0.486 e. The summed E-state index contributed by atoms with van der Waals surface area (Å²) in [6.07, 6.45) is 3.15. The number of hydrogen-bond donors (Lipinski definition) is 1. The second kappa shape index (κ2) is 7.00. The maximum atomic E-state index is 12.8. The number of nitrogens with two attached hydrogens (primary N) is 1. The molecule has 0 aromatic heterocycles. The minimum atomic E-state index is 0. The van der Waals surface area contributed by atoms with E-state index in [1.165, 1.54) is 0 Å². The summed E-state index contributed by atoms with van der Waals surface area (Å²) in [4.78, 5) is 14.7. The summed E-state index contributed by atoms with van der Waals surface area (Å²) in [7, 11) is 0. The summed E-state index contributed by atoms with van der Waals surface area (Å²) in [6, 6.07) is 5.61.